The van der Waals surface area contributed by atoms with Crippen molar-refractivity contribution in [1.29, 1.82) is 0 Å². The number of amides is 1. The Balaban J connectivity index is 1.32. The van der Waals surface area contributed by atoms with Crippen molar-refractivity contribution in [1.82, 2.24) is 19.9 Å². The fraction of sp³-hybridized carbons (Fsp3) is 0.452. The Morgan fingerprint density at radius 3 is 2.37 bits per heavy atom. The fourth-order valence-electron chi connectivity index (χ4n) is 6.06. The summed E-state index contributed by atoms with van der Waals surface area (Å²) in [6.07, 6.45) is 2.33. The summed E-state index contributed by atoms with van der Waals surface area (Å²) in [4.78, 5) is 45.7. The van der Waals surface area contributed by atoms with E-state index < -0.39 is 11.5 Å². The van der Waals surface area contributed by atoms with Gasteiger partial charge in [0, 0.05) is 38.1 Å². The average molecular weight is 561 g/mol. The second-order valence-electron chi connectivity index (χ2n) is 12.4. The molecule has 5 rings (SSSR count). The molecule has 10 heteroatoms. The van der Waals surface area contributed by atoms with Crippen LogP contribution in [0.4, 0.5) is 16.0 Å². The highest BCUT2D eigenvalue weighted by atomic mass is 19.1. The van der Waals surface area contributed by atoms with Crippen LogP contribution in [-0.2, 0) is 11.8 Å². The molecule has 1 fully saturated rings. The van der Waals surface area contributed by atoms with Gasteiger partial charge in [-0.2, -0.15) is 0 Å². The molecule has 0 atom stereocenters. The molecule has 0 unspecified atom stereocenters. The van der Waals surface area contributed by atoms with E-state index in [-0.39, 0.29) is 22.7 Å². The Labute approximate surface area is 240 Å². The Morgan fingerprint density at radius 2 is 1.73 bits per heavy atom. The Morgan fingerprint density at radius 1 is 1.02 bits per heavy atom. The van der Waals surface area contributed by atoms with E-state index in [1.54, 1.807) is 38.2 Å². The number of nitrogens with zero attached hydrogens (tertiary/aromatic N) is 6. The highest BCUT2D eigenvalue weighted by molar-refractivity contribution is 5.93. The number of aromatic carboxylic acids is 1. The number of carboxylic acids is 1. The van der Waals surface area contributed by atoms with E-state index in [1.165, 1.54) is 12.1 Å². The Hall–Kier alpha value is -4.08. The zero-order valence-corrected chi connectivity index (χ0v) is 24.5. The molecule has 4 heterocycles. The third-order valence-corrected chi connectivity index (χ3v) is 8.15. The SMILES string of the molecule is Cc1cc(N2CCN(C(=O)c3cnc4c(n3)C(C)(C)CN4CCc3ccc(F)cc3)C(C)(C)C2)nc(C)c1C(=O)O. The number of carbonyl (C=O) groups excluding carboxylic acids is 1. The Bertz CT molecular complexity index is 1480. The lowest BCUT2D eigenvalue weighted by molar-refractivity contribution is 0.0506. The monoisotopic (exact) mass is 560 g/mol. The molecule has 0 bridgehead atoms. The van der Waals surface area contributed by atoms with Crippen molar-refractivity contribution >= 4 is 23.5 Å². The average Bonchev–Trinajstić information content (AvgIpc) is 3.16. The maximum Gasteiger partial charge on any atom is 0.337 e. The van der Waals surface area contributed by atoms with Crippen LogP contribution in [0.5, 0.6) is 0 Å². The summed E-state index contributed by atoms with van der Waals surface area (Å²) in [6, 6.07) is 8.36. The number of rotatable bonds is 6. The minimum atomic E-state index is -0.982. The van der Waals surface area contributed by atoms with Crippen LogP contribution in [0.25, 0.3) is 0 Å². The summed E-state index contributed by atoms with van der Waals surface area (Å²) >= 11 is 0. The lowest BCUT2D eigenvalue weighted by Gasteiger charge is -2.47. The molecule has 0 aliphatic carbocycles. The van der Waals surface area contributed by atoms with Crippen molar-refractivity contribution in [3.8, 4) is 0 Å². The number of benzene rings is 1. The van der Waals surface area contributed by atoms with E-state index in [0.717, 1.165) is 36.6 Å². The number of piperazine rings is 1. The van der Waals surface area contributed by atoms with Crippen LogP contribution in [0, 0.1) is 19.7 Å². The molecule has 1 N–H and O–H groups in total. The topological polar surface area (TPSA) is 103 Å². The van der Waals surface area contributed by atoms with E-state index in [4.69, 9.17) is 9.97 Å². The molecular weight excluding hydrogens is 523 g/mol. The van der Waals surface area contributed by atoms with E-state index in [0.29, 0.717) is 42.4 Å². The molecule has 1 saturated heterocycles. The highest BCUT2D eigenvalue weighted by Gasteiger charge is 2.41. The fourth-order valence-corrected chi connectivity index (χ4v) is 6.06. The first-order valence-corrected chi connectivity index (χ1v) is 13.9. The van der Waals surface area contributed by atoms with Crippen molar-refractivity contribution < 1.29 is 19.1 Å². The van der Waals surface area contributed by atoms with E-state index in [2.05, 4.69) is 28.6 Å². The maximum atomic E-state index is 13.8. The zero-order chi connectivity index (χ0) is 29.7. The number of halogens is 1. The van der Waals surface area contributed by atoms with E-state index in [1.807, 2.05) is 18.7 Å². The quantitative estimate of drug-likeness (QED) is 0.473. The molecule has 216 valence electrons. The molecule has 2 aliphatic heterocycles. The first-order valence-electron chi connectivity index (χ1n) is 13.9. The smallest absolute Gasteiger partial charge is 0.337 e. The molecule has 2 aliphatic rings. The third kappa shape index (κ3) is 5.47. The number of carboxylic acid groups (broad SMARTS) is 1. The van der Waals surface area contributed by atoms with Crippen molar-refractivity contribution in [3.05, 3.63) is 76.1 Å². The molecule has 2 aromatic heterocycles. The maximum absolute atomic E-state index is 13.8. The highest BCUT2D eigenvalue weighted by Crippen LogP contribution is 2.38. The normalized spacial score (nSPS) is 17.5. The molecule has 0 spiro atoms. The number of aromatic nitrogens is 3. The van der Waals surface area contributed by atoms with Crippen molar-refractivity contribution in [2.24, 2.45) is 0 Å². The molecule has 3 aromatic rings. The molecule has 0 radical (unpaired) electrons. The summed E-state index contributed by atoms with van der Waals surface area (Å²) in [5, 5.41) is 9.50. The molecule has 0 saturated carbocycles. The zero-order valence-electron chi connectivity index (χ0n) is 24.5. The number of aryl methyl sites for hydroxylation is 2. The molecule has 1 aromatic carbocycles. The van der Waals surface area contributed by atoms with Gasteiger partial charge in [-0.1, -0.05) is 26.0 Å². The van der Waals surface area contributed by atoms with Crippen LogP contribution in [-0.4, -0.2) is 75.1 Å². The summed E-state index contributed by atoms with van der Waals surface area (Å²) in [7, 11) is 0. The van der Waals surface area contributed by atoms with Gasteiger partial charge in [0.1, 0.15) is 17.3 Å². The predicted molar refractivity (Wildman–Crippen MR) is 155 cm³/mol. The number of carbonyl (C=O) groups is 2. The van der Waals surface area contributed by atoms with Crippen LogP contribution in [0.15, 0.2) is 36.5 Å². The first-order chi connectivity index (χ1) is 19.3. The van der Waals surface area contributed by atoms with Gasteiger partial charge in [-0.25, -0.2) is 24.1 Å². The van der Waals surface area contributed by atoms with Crippen LogP contribution < -0.4 is 9.80 Å². The first kappa shape index (κ1) is 28.4. The number of hydrogen-bond donors (Lipinski definition) is 1. The van der Waals surface area contributed by atoms with Gasteiger partial charge in [-0.05, 0) is 63.4 Å². The van der Waals surface area contributed by atoms with Gasteiger partial charge in [0.05, 0.1) is 28.7 Å². The van der Waals surface area contributed by atoms with Crippen LogP contribution in [0.1, 0.15) is 71.1 Å². The standard InChI is InChI=1S/C31H37FN6O3/c1-19-15-24(34-20(2)25(19)29(40)41)36-13-14-38(31(5,6)18-36)28(39)23-16-33-27-26(35-23)30(3,4)17-37(27)12-11-21-7-9-22(32)10-8-21/h7-10,15-16H,11-14,17-18H2,1-6H3,(H,40,41). The summed E-state index contributed by atoms with van der Waals surface area (Å²) < 4.78 is 13.3. The minimum Gasteiger partial charge on any atom is -0.478 e. The Kier molecular flexibility index (Phi) is 7.21. The van der Waals surface area contributed by atoms with Crippen molar-refractivity contribution in [2.75, 3.05) is 42.5 Å². The lowest BCUT2D eigenvalue weighted by Crippen LogP contribution is -2.61. The summed E-state index contributed by atoms with van der Waals surface area (Å²) in [5.74, 6) is 0.117. The van der Waals surface area contributed by atoms with Crippen LogP contribution in [0.3, 0.4) is 0 Å². The third-order valence-electron chi connectivity index (χ3n) is 8.15. The molecule has 9 nitrogen and oxygen atoms in total. The summed E-state index contributed by atoms with van der Waals surface area (Å²) in [5.41, 5.74) is 2.76. The van der Waals surface area contributed by atoms with Crippen LogP contribution in [0.2, 0.25) is 0 Å². The summed E-state index contributed by atoms with van der Waals surface area (Å²) in [6.45, 7) is 14.8. The minimum absolute atomic E-state index is 0.160. The van der Waals surface area contributed by atoms with Gasteiger partial charge >= 0.3 is 5.97 Å². The van der Waals surface area contributed by atoms with Gasteiger partial charge in [0.2, 0.25) is 0 Å². The van der Waals surface area contributed by atoms with Crippen LogP contribution >= 0.6 is 0 Å². The molecule has 41 heavy (non-hydrogen) atoms. The van der Waals surface area contributed by atoms with Gasteiger partial charge in [0.25, 0.3) is 5.91 Å². The second-order valence-corrected chi connectivity index (χ2v) is 12.4. The number of hydrogen-bond acceptors (Lipinski definition) is 7. The number of fused-ring (bicyclic) bond motifs is 1. The van der Waals surface area contributed by atoms with Gasteiger partial charge < -0.3 is 19.8 Å². The van der Waals surface area contributed by atoms with Crippen molar-refractivity contribution in [3.63, 3.8) is 0 Å². The van der Waals surface area contributed by atoms with Gasteiger partial charge in [-0.15, -0.1) is 0 Å². The number of pyridine rings is 1. The second kappa shape index (κ2) is 10.4. The van der Waals surface area contributed by atoms with Gasteiger partial charge in [0.15, 0.2) is 5.82 Å². The van der Waals surface area contributed by atoms with Gasteiger partial charge in [-0.3, -0.25) is 4.79 Å². The van der Waals surface area contributed by atoms with E-state index in [9.17, 15) is 19.1 Å². The molecule has 1 amide bonds. The largest absolute Gasteiger partial charge is 0.478 e. The molecular formula is C31H37FN6O3. The number of anilines is 2. The van der Waals surface area contributed by atoms with E-state index >= 15 is 0 Å². The predicted octanol–water partition coefficient (Wildman–Crippen LogP) is 4.41. The van der Waals surface area contributed by atoms with Crippen molar-refractivity contribution in [2.45, 2.75) is 58.9 Å². The lowest BCUT2D eigenvalue weighted by atomic mass is 9.92.